The minimum absolute atomic E-state index is 0.559. The zero-order valence-electron chi connectivity index (χ0n) is 9.01. The maximum absolute atomic E-state index is 5.53. The van der Waals surface area contributed by atoms with Crippen molar-refractivity contribution in [1.29, 1.82) is 0 Å². The third-order valence-corrected chi connectivity index (χ3v) is 2.31. The molecule has 80 valence electrons. The van der Waals surface area contributed by atoms with E-state index in [1.807, 2.05) is 22.5 Å². The van der Waals surface area contributed by atoms with Crippen molar-refractivity contribution >= 4 is 5.82 Å². The van der Waals surface area contributed by atoms with Crippen LogP contribution in [0.4, 0.5) is 5.82 Å². The summed E-state index contributed by atoms with van der Waals surface area (Å²) in [6.45, 7) is 5.66. The maximum atomic E-state index is 5.53. The lowest BCUT2D eigenvalue weighted by Crippen LogP contribution is -2.10. The highest BCUT2D eigenvalue weighted by molar-refractivity contribution is 5.23. The summed E-state index contributed by atoms with van der Waals surface area (Å²) in [6, 6.07) is 3.86. The van der Waals surface area contributed by atoms with Gasteiger partial charge in [-0.25, -0.2) is 0 Å². The molecule has 0 radical (unpaired) electrons. The van der Waals surface area contributed by atoms with Crippen molar-refractivity contribution in [3.8, 4) is 0 Å². The summed E-state index contributed by atoms with van der Waals surface area (Å²) >= 11 is 0. The van der Waals surface area contributed by atoms with Gasteiger partial charge in [-0.1, -0.05) is 0 Å². The van der Waals surface area contributed by atoms with E-state index in [0.29, 0.717) is 5.82 Å². The Morgan fingerprint density at radius 2 is 2.07 bits per heavy atom. The quantitative estimate of drug-likeness (QED) is 0.812. The number of nitrogen functional groups attached to an aromatic ring is 1. The molecular weight excluding hydrogens is 190 g/mol. The van der Waals surface area contributed by atoms with E-state index in [2.05, 4.69) is 23.2 Å². The van der Waals surface area contributed by atoms with Gasteiger partial charge in [0.1, 0.15) is 5.82 Å². The second-order valence-electron chi connectivity index (χ2n) is 3.65. The SMILES string of the molecule is Cc1cc(C)n(CCn2ccc(N)n2)n1. The summed E-state index contributed by atoms with van der Waals surface area (Å²) in [4.78, 5) is 0. The van der Waals surface area contributed by atoms with Crippen molar-refractivity contribution in [3.05, 3.63) is 29.7 Å². The molecule has 0 unspecified atom stereocenters. The summed E-state index contributed by atoms with van der Waals surface area (Å²) in [7, 11) is 0. The Kier molecular flexibility index (Phi) is 2.45. The van der Waals surface area contributed by atoms with E-state index in [1.54, 1.807) is 6.07 Å². The maximum Gasteiger partial charge on any atom is 0.145 e. The Balaban J connectivity index is 2.01. The molecule has 0 atom stereocenters. The van der Waals surface area contributed by atoms with Gasteiger partial charge in [-0.05, 0) is 26.0 Å². The second kappa shape index (κ2) is 3.76. The van der Waals surface area contributed by atoms with Gasteiger partial charge >= 0.3 is 0 Å². The molecule has 5 heteroatoms. The van der Waals surface area contributed by atoms with E-state index in [9.17, 15) is 0 Å². The van der Waals surface area contributed by atoms with E-state index in [1.165, 1.54) is 5.69 Å². The molecule has 0 aliphatic heterocycles. The molecule has 2 heterocycles. The van der Waals surface area contributed by atoms with Crippen molar-refractivity contribution in [2.24, 2.45) is 0 Å². The fourth-order valence-corrected chi connectivity index (χ4v) is 1.60. The fraction of sp³-hybridized carbons (Fsp3) is 0.400. The standard InChI is InChI=1S/C10H15N5/c1-8-7-9(2)15(12-8)6-5-14-4-3-10(11)13-14/h3-4,7H,5-6H2,1-2H3,(H2,11,13). The normalized spacial score (nSPS) is 10.8. The van der Waals surface area contributed by atoms with E-state index in [0.717, 1.165) is 18.8 Å². The summed E-state index contributed by atoms with van der Waals surface area (Å²) in [6.07, 6.45) is 1.88. The topological polar surface area (TPSA) is 61.7 Å². The zero-order chi connectivity index (χ0) is 10.8. The number of aromatic nitrogens is 4. The van der Waals surface area contributed by atoms with Gasteiger partial charge in [0.2, 0.25) is 0 Å². The minimum Gasteiger partial charge on any atom is -0.382 e. The third-order valence-electron chi connectivity index (χ3n) is 2.31. The van der Waals surface area contributed by atoms with Crippen molar-refractivity contribution in [2.75, 3.05) is 5.73 Å². The molecule has 0 fully saturated rings. The van der Waals surface area contributed by atoms with Crippen LogP contribution < -0.4 is 5.73 Å². The Morgan fingerprint density at radius 1 is 1.27 bits per heavy atom. The highest BCUT2D eigenvalue weighted by Gasteiger charge is 2.01. The van der Waals surface area contributed by atoms with Crippen LogP contribution in [0.25, 0.3) is 0 Å². The van der Waals surface area contributed by atoms with Crippen LogP contribution in [0.15, 0.2) is 18.3 Å². The lowest BCUT2D eigenvalue weighted by molar-refractivity contribution is 0.492. The molecule has 0 saturated heterocycles. The number of anilines is 1. The molecule has 15 heavy (non-hydrogen) atoms. The first-order valence-electron chi connectivity index (χ1n) is 4.95. The van der Waals surface area contributed by atoms with Crippen LogP contribution in [-0.2, 0) is 13.1 Å². The number of nitrogens with two attached hydrogens (primary N) is 1. The molecule has 0 bridgehead atoms. The fourth-order valence-electron chi connectivity index (χ4n) is 1.60. The molecule has 2 rings (SSSR count). The highest BCUT2D eigenvalue weighted by Crippen LogP contribution is 2.02. The third kappa shape index (κ3) is 2.18. The molecule has 2 N–H and O–H groups in total. The van der Waals surface area contributed by atoms with Gasteiger partial charge in [-0.3, -0.25) is 9.36 Å². The number of nitrogens with zero attached hydrogens (tertiary/aromatic N) is 4. The van der Waals surface area contributed by atoms with Crippen LogP contribution in [-0.4, -0.2) is 19.6 Å². The van der Waals surface area contributed by atoms with Crippen LogP contribution in [0.5, 0.6) is 0 Å². The number of hydrogen-bond donors (Lipinski definition) is 1. The molecule has 0 spiro atoms. The average Bonchev–Trinajstić information content (AvgIpc) is 2.70. The van der Waals surface area contributed by atoms with E-state index >= 15 is 0 Å². The Morgan fingerprint density at radius 3 is 2.60 bits per heavy atom. The predicted molar refractivity (Wildman–Crippen MR) is 58.3 cm³/mol. The molecule has 0 aliphatic carbocycles. The van der Waals surface area contributed by atoms with E-state index < -0.39 is 0 Å². The van der Waals surface area contributed by atoms with Gasteiger partial charge in [0.15, 0.2) is 0 Å². The molecular formula is C10H15N5. The molecule has 2 aromatic heterocycles. The van der Waals surface area contributed by atoms with Crippen LogP contribution >= 0.6 is 0 Å². The minimum atomic E-state index is 0.559. The number of aryl methyl sites for hydroxylation is 4. The van der Waals surface area contributed by atoms with Crippen LogP contribution in [0.3, 0.4) is 0 Å². The summed E-state index contributed by atoms with van der Waals surface area (Å²) in [5.74, 6) is 0.559. The van der Waals surface area contributed by atoms with Crippen molar-refractivity contribution in [2.45, 2.75) is 26.9 Å². The second-order valence-corrected chi connectivity index (χ2v) is 3.65. The van der Waals surface area contributed by atoms with E-state index in [4.69, 9.17) is 5.73 Å². The largest absolute Gasteiger partial charge is 0.382 e. The zero-order valence-corrected chi connectivity index (χ0v) is 9.01. The molecule has 0 saturated carbocycles. The van der Waals surface area contributed by atoms with Gasteiger partial charge in [0.25, 0.3) is 0 Å². The van der Waals surface area contributed by atoms with Gasteiger partial charge in [-0.2, -0.15) is 10.2 Å². The van der Waals surface area contributed by atoms with Crippen molar-refractivity contribution < 1.29 is 0 Å². The smallest absolute Gasteiger partial charge is 0.145 e. The van der Waals surface area contributed by atoms with Gasteiger partial charge in [0, 0.05) is 11.9 Å². The monoisotopic (exact) mass is 205 g/mol. The lowest BCUT2D eigenvalue weighted by Gasteiger charge is -2.04. The molecule has 0 amide bonds. The highest BCUT2D eigenvalue weighted by atomic mass is 15.3. The predicted octanol–water partition coefficient (Wildman–Crippen LogP) is 0.979. The summed E-state index contributed by atoms with van der Waals surface area (Å²) in [5, 5.41) is 8.49. The van der Waals surface area contributed by atoms with Crippen molar-refractivity contribution in [3.63, 3.8) is 0 Å². The lowest BCUT2D eigenvalue weighted by atomic mass is 10.4. The van der Waals surface area contributed by atoms with Gasteiger partial charge in [-0.15, -0.1) is 0 Å². The van der Waals surface area contributed by atoms with Crippen molar-refractivity contribution in [1.82, 2.24) is 19.6 Å². The Hall–Kier alpha value is -1.78. The first-order valence-corrected chi connectivity index (χ1v) is 4.95. The molecule has 0 aliphatic rings. The van der Waals surface area contributed by atoms with Crippen LogP contribution in [0, 0.1) is 13.8 Å². The number of hydrogen-bond acceptors (Lipinski definition) is 3. The molecule has 0 aromatic carbocycles. The first kappa shape index (κ1) is 9.76. The van der Waals surface area contributed by atoms with Crippen LogP contribution in [0.2, 0.25) is 0 Å². The Bertz CT molecular complexity index is 454. The van der Waals surface area contributed by atoms with Crippen LogP contribution in [0.1, 0.15) is 11.4 Å². The summed E-state index contributed by atoms with van der Waals surface area (Å²) < 4.78 is 3.80. The summed E-state index contributed by atoms with van der Waals surface area (Å²) in [5.41, 5.74) is 7.75. The number of rotatable bonds is 3. The van der Waals surface area contributed by atoms with E-state index in [-0.39, 0.29) is 0 Å². The Labute approximate surface area is 88.5 Å². The molecule has 2 aromatic rings. The molecule has 5 nitrogen and oxygen atoms in total. The van der Waals surface area contributed by atoms with Gasteiger partial charge < -0.3 is 5.73 Å². The van der Waals surface area contributed by atoms with Gasteiger partial charge in [0.05, 0.1) is 18.8 Å². The first-order chi connectivity index (χ1) is 7.15. The average molecular weight is 205 g/mol.